The molecule has 6 nitrogen and oxygen atoms in total. The van der Waals surface area contributed by atoms with Crippen LogP contribution in [0.15, 0.2) is 29.0 Å². The van der Waals surface area contributed by atoms with Gasteiger partial charge >= 0.3 is 0 Å². The van der Waals surface area contributed by atoms with Crippen molar-refractivity contribution in [2.24, 2.45) is 5.92 Å². The van der Waals surface area contributed by atoms with E-state index in [9.17, 15) is 9.90 Å². The number of aliphatic hydroxyl groups excluding tert-OH is 1. The second kappa shape index (κ2) is 6.96. The molecule has 1 atom stereocenters. The van der Waals surface area contributed by atoms with E-state index >= 15 is 0 Å². The summed E-state index contributed by atoms with van der Waals surface area (Å²) in [6, 6.07) is 3.90. The summed E-state index contributed by atoms with van der Waals surface area (Å²) in [6.07, 6.45) is 9.37. The molecule has 2 aliphatic carbocycles. The number of nitrogens with zero attached hydrogens (tertiary/aromatic N) is 2. The molecule has 1 fully saturated rings. The van der Waals surface area contributed by atoms with Gasteiger partial charge in [0.25, 0.3) is 5.91 Å². The summed E-state index contributed by atoms with van der Waals surface area (Å²) in [6.45, 7) is 0. The molecule has 2 aliphatic rings. The van der Waals surface area contributed by atoms with Crippen LogP contribution in [0, 0.1) is 5.92 Å². The molecule has 1 unspecified atom stereocenters. The minimum absolute atomic E-state index is 0.0253. The third-order valence-electron chi connectivity index (χ3n) is 5.41. The molecular weight excluding hydrogens is 318 g/mol. The number of aromatic nitrogens is 2. The number of carbonyl (C=O) groups is 1. The summed E-state index contributed by atoms with van der Waals surface area (Å²) < 4.78 is 5.36. The van der Waals surface area contributed by atoms with Crippen molar-refractivity contribution in [1.29, 1.82) is 0 Å². The van der Waals surface area contributed by atoms with Crippen LogP contribution in [0.5, 0.6) is 0 Å². The Kier molecular flexibility index (Phi) is 4.53. The van der Waals surface area contributed by atoms with Gasteiger partial charge in [0.05, 0.1) is 11.8 Å². The van der Waals surface area contributed by atoms with Crippen LogP contribution in [0.25, 0.3) is 0 Å². The Bertz CT molecular complexity index is 738. The Labute approximate surface area is 146 Å². The number of aliphatic hydroxyl groups is 1. The molecular formula is C19H23N3O3. The maximum Gasteiger partial charge on any atom is 0.290 e. The van der Waals surface area contributed by atoms with E-state index in [2.05, 4.69) is 15.5 Å². The van der Waals surface area contributed by atoms with E-state index in [1.165, 1.54) is 0 Å². The van der Waals surface area contributed by atoms with Crippen molar-refractivity contribution in [2.75, 3.05) is 0 Å². The van der Waals surface area contributed by atoms with Crippen molar-refractivity contribution in [3.63, 3.8) is 0 Å². The van der Waals surface area contributed by atoms with Crippen molar-refractivity contribution >= 4 is 5.91 Å². The Morgan fingerprint density at radius 3 is 2.80 bits per heavy atom. The molecule has 0 aliphatic heterocycles. The first-order chi connectivity index (χ1) is 12.2. The highest BCUT2D eigenvalue weighted by Crippen LogP contribution is 2.32. The molecule has 1 amide bonds. The number of carbonyl (C=O) groups excluding carboxylic acids is 1. The van der Waals surface area contributed by atoms with E-state index in [-0.39, 0.29) is 24.0 Å². The highest BCUT2D eigenvalue weighted by molar-refractivity contribution is 5.93. The molecule has 0 spiro atoms. The van der Waals surface area contributed by atoms with Crippen molar-refractivity contribution in [3.05, 3.63) is 47.1 Å². The van der Waals surface area contributed by atoms with E-state index in [0.29, 0.717) is 5.76 Å². The molecule has 0 saturated heterocycles. The Hall–Kier alpha value is -2.21. The quantitative estimate of drug-likeness (QED) is 0.869. The minimum Gasteiger partial charge on any atom is -0.393 e. The predicted molar refractivity (Wildman–Crippen MR) is 91.1 cm³/mol. The molecule has 2 aromatic rings. The van der Waals surface area contributed by atoms with Crippen molar-refractivity contribution in [2.45, 2.75) is 57.1 Å². The van der Waals surface area contributed by atoms with Gasteiger partial charge < -0.3 is 14.9 Å². The topological polar surface area (TPSA) is 88.2 Å². The van der Waals surface area contributed by atoms with E-state index in [1.807, 2.05) is 12.1 Å². The smallest absolute Gasteiger partial charge is 0.290 e. The van der Waals surface area contributed by atoms with Gasteiger partial charge in [-0.1, -0.05) is 5.16 Å². The number of rotatable bonds is 5. The standard InChI is InChI=1S/C19H23N3O3/c23-14-10-13(11-14)17(9-12-5-7-20-8-6-12)21-19(24)18-15-3-1-2-4-16(15)22-25-18/h5-8,13-14,17,23H,1-4,9-11H2,(H,21,24). The zero-order valence-electron chi connectivity index (χ0n) is 14.1. The number of aryl methyl sites for hydroxylation is 1. The molecule has 1 saturated carbocycles. The largest absolute Gasteiger partial charge is 0.393 e. The van der Waals surface area contributed by atoms with Gasteiger partial charge in [-0.2, -0.15) is 0 Å². The molecule has 0 bridgehead atoms. The average Bonchev–Trinajstić information content (AvgIpc) is 3.03. The van der Waals surface area contributed by atoms with E-state index < -0.39 is 0 Å². The second-order valence-corrected chi connectivity index (χ2v) is 7.17. The Morgan fingerprint density at radius 2 is 2.04 bits per heavy atom. The van der Waals surface area contributed by atoms with Crippen LogP contribution < -0.4 is 5.32 Å². The van der Waals surface area contributed by atoms with Gasteiger partial charge in [0.2, 0.25) is 5.76 Å². The third-order valence-corrected chi connectivity index (χ3v) is 5.41. The zero-order valence-corrected chi connectivity index (χ0v) is 14.1. The lowest BCUT2D eigenvalue weighted by molar-refractivity contribution is 0.0235. The van der Waals surface area contributed by atoms with Crippen LogP contribution in [0.2, 0.25) is 0 Å². The first-order valence-corrected chi connectivity index (χ1v) is 9.06. The summed E-state index contributed by atoms with van der Waals surface area (Å²) in [5.41, 5.74) is 3.03. The maximum absolute atomic E-state index is 12.8. The van der Waals surface area contributed by atoms with Crippen LogP contribution in [-0.2, 0) is 19.3 Å². The van der Waals surface area contributed by atoms with Crippen molar-refractivity contribution < 1.29 is 14.4 Å². The Morgan fingerprint density at radius 1 is 1.28 bits per heavy atom. The molecule has 0 aromatic carbocycles. The number of fused-ring (bicyclic) bond motifs is 1. The fraction of sp³-hybridized carbons (Fsp3) is 0.526. The lowest BCUT2D eigenvalue weighted by Gasteiger charge is -2.38. The summed E-state index contributed by atoms with van der Waals surface area (Å²) in [5.74, 6) is 0.469. The van der Waals surface area contributed by atoms with Gasteiger partial charge in [-0.3, -0.25) is 9.78 Å². The van der Waals surface area contributed by atoms with Gasteiger partial charge in [0, 0.05) is 24.0 Å². The Balaban J connectivity index is 1.50. The molecule has 25 heavy (non-hydrogen) atoms. The van der Waals surface area contributed by atoms with Crippen LogP contribution in [0.4, 0.5) is 0 Å². The molecule has 6 heteroatoms. The molecule has 132 valence electrons. The molecule has 2 aromatic heterocycles. The van der Waals surface area contributed by atoms with E-state index in [0.717, 1.165) is 61.8 Å². The summed E-state index contributed by atoms with van der Waals surface area (Å²) in [7, 11) is 0. The van der Waals surface area contributed by atoms with Crippen LogP contribution in [0.1, 0.15) is 53.1 Å². The molecule has 4 rings (SSSR count). The van der Waals surface area contributed by atoms with E-state index in [4.69, 9.17) is 4.52 Å². The molecule has 2 N–H and O–H groups in total. The van der Waals surface area contributed by atoms with Gasteiger partial charge in [0.15, 0.2) is 0 Å². The fourth-order valence-corrected chi connectivity index (χ4v) is 3.87. The minimum atomic E-state index is -0.250. The van der Waals surface area contributed by atoms with Gasteiger partial charge in [-0.25, -0.2) is 0 Å². The SMILES string of the molecule is O=C(NC(Cc1ccncc1)C1CC(O)C1)c1onc2c1CCCC2. The molecule has 2 heterocycles. The summed E-state index contributed by atoms with van der Waals surface area (Å²) in [5, 5.41) is 16.9. The average molecular weight is 341 g/mol. The lowest BCUT2D eigenvalue weighted by Crippen LogP contribution is -2.48. The summed E-state index contributed by atoms with van der Waals surface area (Å²) >= 11 is 0. The number of hydrogen-bond acceptors (Lipinski definition) is 5. The third kappa shape index (κ3) is 3.44. The zero-order chi connectivity index (χ0) is 17.2. The van der Waals surface area contributed by atoms with Gasteiger partial charge in [-0.05, 0) is 68.6 Å². The second-order valence-electron chi connectivity index (χ2n) is 7.17. The van der Waals surface area contributed by atoms with Crippen LogP contribution in [0.3, 0.4) is 0 Å². The first-order valence-electron chi connectivity index (χ1n) is 9.06. The van der Waals surface area contributed by atoms with Crippen LogP contribution >= 0.6 is 0 Å². The molecule has 0 radical (unpaired) electrons. The highest BCUT2D eigenvalue weighted by atomic mass is 16.5. The summed E-state index contributed by atoms with van der Waals surface area (Å²) in [4.78, 5) is 16.8. The predicted octanol–water partition coefficient (Wildman–Crippen LogP) is 2.06. The first kappa shape index (κ1) is 16.3. The normalized spacial score (nSPS) is 23.4. The van der Waals surface area contributed by atoms with Crippen molar-refractivity contribution in [1.82, 2.24) is 15.5 Å². The number of pyridine rings is 1. The highest BCUT2D eigenvalue weighted by Gasteiger charge is 2.36. The van der Waals surface area contributed by atoms with Gasteiger partial charge in [-0.15, -0.1) is 0 Å². The monoisotopic (exact) mass is 341 g/mol. The van der Waals surface area contributed by atoms with Gasteiger partial charge in [0.1, 0.15) is 0 Å². The number of nitrogens with one attached hydrogen (secondary N) is 1. The lowest BCUT2D eigenvalue weighted by atomic mass is 9.75. The fourth-order valence-electron chi connectivity index (χ4n) is 3.87. The maximum atomic E-state index is 12.8. The van der Waals surface area contributed by atoms with E-state index in [1.54, 1.807) is 12.4 Å². The number of hydrogen-bond donors (Lipinski definition) is 2. The number of amides is 1. The van der Waals surface area contributed by atoms with Crippen molar-refractivity contribution in [3.8, 4) is 0 Å². The van der Waals surface area contributed by atoms with Crippen LogP contribution in [-0.4, -0.2) is 33.3 Å².